The molecule has 2 aromatic carbocycles. The van der Waals surface area contributed by atoms with Crippen LogP contribution in [0.3, 0.4) is 0 Å². The number of carbonyl (C=O) groups excluding carboxylic acids is 2. The number of hydrogen-bond donors (Lipinski definition) is 1. The first-order valence-electron chi connectivity index (χ1n) is 10.2. The highest BCUT2D eigenvalue weighted by Crippen LogP contribution is 2.45. The van der Waals surface area contributed by atoms with E-state index in [4.69, 9.17) is 4.74 Å². The number of rotatable bonds is 4. The Balaban J connectivity index is 1.90. The topological polar surface area (TPSA) is 66.8 Å². The Hall–Kier alpha value is -2.60. The molecular formula is C24H24BrNO4. The molecule has 1 aliphatic carbocycles. The minimum absolute atomic E-state index is 0.0275. The second kappa shape index (κ2) is 8.64. The average Bonchev–Trinajstić information content (AvgIpc) is 3.04. The molecule has 1 aliphatic heterocycles. The van der Waals surface area contributed by atoms with Crippen LogP contribution in [0.2, 0.25) is 0 Å². The summed E-state index contributed by atoms with van der Waals surface area (Å²) in [5.41, 5.74) is 1.33. The zero-order valence-electron chi connectivity index (χ0n) is 16.8. The normalized spacial score (nSPS) is 21.8. The molecule has 6 heteroatoms. The lowest BCUT2D eigenvalue weighted by Crippen LogP contribution is -2.40. The molecule has 1 saturated carbocycles. The number of halogens is 1. The number of para-hydroxylation sites is 1. The molecule has 2 fully saturated rings. The maximum Gasteiger partial charge on any atom is 0.295 e. The number of nitrogens with zero attached hydrogens (tertiary/aromatic N) is 1. The predicted octanol–water partition coefficient (Wildman–Crippen LogP) is 5.21. The van der Waals surface area contributed by atoms with Crippen molar-refractivity contribution >= 4 is 33.4 Å². The third kappa shape index (κ3) is 3.65. The van der Waals surface area contributed by atoms with Crippen LogP contribution < -0.4 is 4.74 Å². The van der Waals surface area contributed by atoms with E-state index in [1.54, 1.807) is 36.3 Å². The van der Waals surface area contributed by atoms with E-state index in [0.717, 1.165) is 36.6 Å². The van der Waals surface area contributed by atoms with Crippen LogP contribution in [0, 0.1) is 0 Å². The fourth-order valence-corrected chi connectivity index (χ4v) is 4.81. The molecule has 1 N–H and O–H groups in total. The number of Topliss-reactive ketones (excluding diaryl/α,β-unsaturated/α-hetero) is 1. The lowest BCUT2D eigenvalue weighted by molar-refractivity contribution is -0.141. The van der Waals surface area contributed by atoms with Crippen LogP contribution in [-0.2, 0) is 9.59 Å². The van der Waals surface area contributed by atoms with Crippen molar-refractivity contribution < 1.29 is 19.4 Å². The number of aliphatic hydroxyl groups is 1. The van der Waals surface area contributed by atoms with Gasteiger partial charge in [0.05, 0.1) is 18.7 Å². The lowest BCUT2D eigenvalue weighted by Gasteiger charge is -2.35. The smallest absolute Gasteiger partial charge is 0.295 e. The van der Waals surface area contributed by atoms with Crippen LogP contribution in [0.4, 0.5) is 0 Å². The number of likely N-dealkylation sites (tertiary alicyclic amines) is 1. The number of ether oxygens (including phenoxy) is 1. The Morgan fingerprint density at radius 1 is 1.03 bits per heavy atom. The molecule has 0 radical (unpaired) electrons. The maximum atomic E-state index is 13.2. The van der Waals surface area contributed by atoms with Crippen molar-refractivity contribution in [3.8, 4) is 5.75 Å². The first kappa shape index (κ1) is 20.7. The summed E-state index contributed by atoms with van der Waals surface area (Å²) in [5.74, 6) is -0.754. The van der Waals surface area contributed by atoms with Gasteiger partial charge < -0.3 is 14.7 Å². The van der Waals surface area contributed by atoms with Gasteiger partial charge in [-0.15, -0.1) is 0 Å². The van der Waals surface area contributed by atoms with Crippen molar-refractivity contribution in [2.45, 2.75) is 44.2 Å². The summed E-state index contributed by atoms with van der Waals surface area (Å²) in [4.78, 5) is 28.0. The van der Waals surface area contributed by atoms with E-state index in [2.05, 4.69) is 15.9 Å². The van der Waals surface area contributed by atoms with Gasteiger partial charge in [0.2, 0.25) is 0 Å². The minimum atomic E-state index is -0.673. The fourth-order valence-electron chi connectivity index (χ4n) is 4.55. The summed E-state index contributed by atoms with van der Waals surface area (Å²) >= 11 is 3.39. The monoisotopic (exact) mass is 469 g/mol. The molecule has 4 rings (SSSR count). The number of ketones is 1. The molecule has 0 spiro atoms. The minimum Gasteiger partial charge on any atom is -0.507 e. The van der Waals surface area contributed by atoms with Gasteiger partial charge in [-0.05, 0) is 31.0 Å². The van der Waals surface area contributed by atoms with Crippen LogP contribution in [-0.4, -0.2) is 34.8 Å². The van der Waals surface area contributed by atoms with E-state index in [-0.39, 0.29) is 17.4 Å². The summed E-state index contributed by atoms with van der Waals surface area (Å²) in [7, 11) is 1.57. The van der Waals surface area contributed by atoms with Crippen LogP contribution in [0.15, 0.2) is 58.6 Å². The molecule has 156 valence electrons. The van der Waals surface area contributed by atoms with Gasteiger partial charge in [0, 0.05) is 21.6 Å². The number of hydrogen-bond acceptors (Lipinski definition) is 4. The van der Waals surface area contributed by atoms with Gasteiger partial charge in [0.15, 0.2) is 0 Å². The number of aliphatic hydroxyl groups excluding tert-OH is 1. The zero-order chi connectivity index (χ0) is 21.3. The summed E-state index contributed by atoms with van der Waals surface area (Å²) in [6.07, 6.45) is 4.91. The molecule has 1 unspecified atom stereocenters. The molecule has 1 saturated heterocycles. The van der Waals surface area contributed by atoms with Crippen molar-refractivity contribution in [3.05, 3.63) is 69.7 Å². The van der Waals surface area contributed by atoms with Crippen LogP contribution in [0.1, 0.15) is 49.3 Å². The molecule has 1 heterocycles. The van der Waals surface area contributed by atoms with E-state index in [1.165, 1.54) is 0 Å². The van der Waals surface area contributed by atoms with E-state index < -0.39 is 17.7 Å². The standard InChI is InChI=1S/C24H24BrNO4/c1-30-19-10-6-5-9-18(19)21-20(22(27)15-11-13-16(25)14-12-15)23(28)24(29)26(21)17-7-3-2-4-8-17/h5-6,9-14,17,21,27H,2-4,7-8H2,1H3/b22-20-. The van der Waals surface area contributed by atoms with Gasteiger partial charge in [-0.1, -0.05) is 65.5 Å². The predicted molar refractivity (Wildman–Crippen MR) is 118 cm³/mol. The molecule has 30 heavy (non-hydrogen) atoms. The Morgan fingerprint density at radius 2 is 1.70 bits per heavy atom. The van der Waals surface area contributed by atoms with Crippen LogP contribution in [0.25, 0.3) is 5.76 Å². The van der Waals surface area contributed by atoms with E-state index >= 15 is 0 Å². The third-order valence-electron chi connectivity index (χ3n) is 6.00. The van der Waals surface area contributed by atoms with Gasteiger partial charge in [-0.2, -0.15) is 0 Å². The molecule has 1 amide bonds. The number of benzene rings is 2. The van der Waals surface area contributed by atoms with Gasteiger partial charge >= 0.3 is 0 Å². The lowest BCUT2D eigenvalue weighted by atomic mass is 9.90. The van der Waals surface area contributed by atoms with Crippen LogP contribution in [0.5, 0.6) is 5.75 Å². The Labute approximate surface area is 184 Å². The van der Waals surface area contributed by atoms with Gasteiger partial charge in [0.1, 0.15) is 11.5 Å². The Morgan fingerprint density at radius 3 is 2.37 bits per heavy atom. The first-order valence-corrected chi connectivity index (χ1v) is 11.0. The zero-order valence-corrected chi connectivity index (χ0v) is 18.4. The second-order valence-electron chi connectivity index (χ2n) is 7.75. The molecular weight excluding hydrogens is 446 g/mol. The van der Waals surface area contributed by atoms with Gasteiger partial charge in [-0.3, -0.25) is 9.59 Å². The third-order valence-corrected chi connectivity index (χ3v) is 6.53. The van der Waals surface area contributed by atoms with E-state index in [0.29, 0.717) is 16.9 Å². The summed E-state index contributed by atoms with van der Waals surface area (Å²) < 4.78 is 6.42. The first-order chi connectivity index (χ1) is 14.5. The fraction of sp³-hybridized carbons (Fsp3) is 0.333. The maximum absolute atomic E-state index is 13.2. The van der Waals surface area contributed by atoms with Gasteiger partial charge in [-0.25, -0.2) is 0 Å². The van der Waals surface area contributed by atoms with Crippen molar-refractivity contribution in [1.29, 1.82) is 0 Å². The Kier molecular flexibility index (Phi) is 5.95. The Bertz CT molecular complexity index is 993. The van der Waals surface area contributed by atoms with Crippen molar-refractivity contribution in [1.82, 2.24) is 4.90 Å². The highest BCUT2D eigenvalue weighted by atomic mass is 79.9. The average molecular weight is 470 g/mol. The molecule has 2 aromatic rings. The highest BCUT2D eigenvalue weighted by Gasteiger charge is 2.49. The highest BCUT2D eigenvalue weighted by molar-refractivity contribution is 9.10. The number of amides is 1. The van der Waals surface area contributed by atoms with Gasteiger partial charge in [0.25, 0.3) is 11.7 Å². The van der Waals surface area contributed by atoms with Crippen molar-refractivity contribution in [2.75, 3.05) is 7.11 Å². The molecule has 1 atom stereocenters. The number of carbonyl (C=O) groups is 2. The largest absolute Gasteiger partial charge is 0.507 e. The summed E-state index contributed by atoms with van der Waals surface area (Å²) in [5, 5.41) is 11.1. The molecule has 5 nitrogen and oxygen atoms in total. The number of methoxy groups -OCH3 is 1. The SMILES string of the molecule is COc1ccccc1C1/C(=C(/O)c2ccc(Br)cc2)C(=O)C(=O)N1C1CCCCC1. The molecule has 0 bridgehead atoms. The quantitative estimate of drug-likeness (QED) is 0.379. The van der Waals surface area contributed by atoms with Crippen LogP contribution >= 0.6 is 15.9 Å². The second-order valence-corrected chi connectivity index (χ2v) is 8.66. The van der Waals surface area contributed by atoms with E-state index in [9.17, 15) is 14.7 Å². The van der Waals surface area contributed by atoms with Crippen molar-refractivity contribution in [2.24, 2.45) is 0 Å². The van der Waals surface area contributed by atoms with Crippen molar-refractivity contribution in [3.63, 3.8) is 0 Å². The van der Waals surface area contributed by atoms with E-state index in [1.807, 2.05) is 24.3 Å². The summed E-state index contributed by atoms with van der Waals surface area (Å²) in [6, 6.07) is 13.7. The molecule has 2 aliphatic rings. The molecule has 0 aromatic heterocycles. The summed E-state index contributed by atoms with van der Waals surface area (Å²) in [6.45, 7) is 0.